The van der Waals surface area contributed by atoms with E-state index in [1.807, 2.05) is 0 Å². The minimum Gasteiger partial charge on any atom is -0.377 e. The number of amides is 1. The zero-order valence-corrected chi connectivity index (χ0v) is 19.7. The lowest BCUT2D eigenvalue weighted by Gasteiger charge is -2.34. The van der Waals surface area contributed by atoms with Crippen LogP contribution < -0.4 is 4.72 Å². The van der Waals surface area contributed by atoms with Crippen LogP contribution in [0.5, 0.6) is 0 Å². The van der Waals surface area contributed by atoms with Crippen molar-refractivity contribution in [3.05, 3.63) is 60.2 Å². The van der Waals surface area contributed by atoms with Crippen molar-refractivity contribution in [2.45, 2.75) is 28.7 Å². The van der Waals surface area contributed by atoms with Crippen LogP contribution in [0, 0.1) is 0 Å². The Balaban J connectivity index is 1.35. The van der Waals surface area contributed by atoms with Crippen LogP contribution >= 0.6 is 0 Å². The molecule has 0 aliphatic carbocycles. The van der Waals surface area contributed by atoms with Crippen LogP contribution in [0.4, 0.5) is 0 Å². The Morgan fingerprint density at radius 3 is 2.18 bits per heavy atom. The molecule has 2 fully saturated rings. The van der Waals surface area contributed by atoms with Gasteiger partial charge in [0.2, 0.25) is 20.0 Å². The SMILES string of the molecule is O=C(c1ccc(S(=O)(=O)NC[C@H]2CCCO2)cc1)N1CCN(S(=O)(=O)c2ccccc2)CC1. The van der Waals surface area contributed by atoms with Crippen LogP contribution in [0.3, 0.4) is 0 Å². The van der Waals surface area contributed by atoms with Gasteiger partial charge in [0.05, 0.1) is 15.9 Å². The Morgan fingerprint density at radius 2 is 1.58 bits per heavy atom. The zero-order chi connectivity index (χ0) is 23.5. The molecule has 0 unspecified atom stereocenters. The molecule has 1 atom stereocenters. The van der Waals surface area contributed by atoms with Gasteiger partial charge in [-0.3, -0.25) is 4.79 Å². The second-order valence-electron chi connectivity index (χ2n) is 8.02. The van der Waals surface area contributed by atoms with Gasteiger partial charge >= 0.3 is 0 Å². The van der Waals surface area contributed by atoms with E-state index in [4.69, 9.17) is 4.74 Å². The van der Waals surface area contributed by atoms with E-state index in [0.717, 1.165) is 12.8 Å². The van der Waals surface area contributed by atoms with E-state index in [2.05, 4.69) is 4.72 Å². The third-order valence-corrected chi connectivity index (χ3v) is 9.20. The molecule has 1 N–H and O–H groups in total. The quantitative estimate of drug-likeness (QED) is 0.622. The number of nitrogens with zero attached hydrogens (tertiary/aromatic N) is 2. The van der Waals surface area contributed by atoms with Crippen molar-refractivity contribution >= 4 is 26.0 Å². The van der Waals surface area contributed by atoms with E-state index in [9.17, 15) is 21.6 Å². The predicted octanol–water partition coefficient (Wildman–Crippen LogP) is 1.29. The first-order chi connectivity index (χ1) is 15.8. The van der Waals surface area contributed by atoms with Crippen LogP contribution in [-0.2, 0) is 24.8 Å². The first kappa shape index (κ1) is 23.8. The van der Waals surface area contributed by atoms with Crippen molar-refractivity contribution in [1.29, 1.82) is 0 Å². The lowest BCUT2D eigenvalue weighted by molar-refractivity contribution is 0.0698. The first-order valence-corrected chi connectivity index (χ1v) is 13.8. The molecule has 11 heteroatoms. The Bertz CT molecular complexity index is 1170. The molecule has 33 heavy (non-hydrogen) atoms. The summed E-state index contributed by atoms with van der Waals surface area (Å²) in [6.45, 7) is 1.78. The van der Waals surface area contributed by atoms with Crippen LogP contribution in [0.25, 0.3) is 0 Å². The van der Waals surface area contributed by atoms with Crippen molar-refractivity contribution in [3.8, 4) is 0 Å². The van der Waals surface area contributed by atoms with Gasteiger partial charge < -0.3 is 9.64 Å². The molecule has 0 aromatic heterocycles. The van der Waals surface area contributed by atoms with Crippen molar-refractivity contribution in [2.24, 2.45) is 0 Å². The third-order valence-electron chi connectivity index (χ3n) is 5.84. The molecule has 9 nitrogen and oxygen atoms in total. The van der Waals surface area contributed by atoms with Gasteiger partial charge in [-0.15, -0.1) is 0 Å². The molecule has 2 aromatic carbocycles. The number of carbonyl (C=O) groups excluding carboxylic acids is 1. The van der Waals surface area contributed by atoms with Gasteiger partial charge in [-0.2, -0.15) is 4.31 Å². The van der Waals surface area contributed by atoms with E-state index in [1.165, 1.54) is 28.6 Å². The summed E-state index contributed by atoms with van der Waals surface area (Å²) in [6.07, 6.45) is 1.65. The second-order valence-corrected chi connectivity index (χ2v) is 11.7. The van der Waals surface area contributed by atoms with Crippen molar-refractivity contribution in [1.82, 2.24) is 13.9 Å². The molecule has 0 saturated carbocycles. The van der Waals surface area contributed by atoms with E-state index >= 15 is 0 Å². The van der Waals surface area contributed by atoms with Crippen LogP contribution in [0.15, 0.2) is 64.4 Å². The Hall–Kier alpha value is -2.31. The number of carbonyl (C=O) groups is 1. The molecule has 178 valence electrons. The largest absolute Gasteiger partial charge is 0.377 e. The average Bonchev–Trinajstić information content (AvgIpc) is 3.37. The number of benzene rings is 2. The van der Waals surface area contributed by atoms with E-state index < -0.39 is 20.0 Å². The monoisotopic (exact) mass is 493 g/mol. The van der Waals surface area contributed by atoms with E-state index in [1.54, 1.807) is 35.2 Å². The number of hydrogen-bond acceptors (Lipinski definition) is 6. The molecule has 4 rings (SSSR count). The van der Waals surface area contributed by atoms with Gasteiger partial charge in [-0.05, 0) is 49.2 Å². The first-order valence-electron chi connectivity index (χ1n) is 10.8. The van der Waals surface area contributed by atoms with Gasteiger partial charge in [0.25, 0.3) is 5.91 Å². The maximum absolute atomic E-state index is 12.9. The second kappa shape index (κ2) is 9.90. The molecule has 2 heterocycles. The summed E-state index contributed by atoms with van der Waals surface area (Å²) in [5, 5.41) is 0. The minimum absolute atomic E-state index is 0.0795. The van der Waals surface area contributed by atoms with Crippen LogP contribution in [-0.4, -0.2) is 77.4 Å². The molecule has 1 amide bonds. The molecule has 2 aromatic rings. The summed E-state index contributed by atoms with van der Waals surface area (Å²) in [4.78, 5) is 14.8. The molecular weight excluding hydrogens is 466 g/mol. The van der Waals surface area contributed by atoms with Crippen molar-refractivity contribution in [2.75, 3.05) is 39.3 Å². The number of nitrogens with one attached hydrogen (secondary N) is 1. The highest BCUT2D eigenvalue weighted by molar-refractivity contribution is 7.89. The van der Waals surface area contributed by atoms with Gasteiger partial charge in [-0.25, -0.2) is 21.6 Å². The zero-order valence-electron chi connectivity index (χ0n) is 18.1. The van der Waals surface area contributed by atoms with Crippen molar-refractivity contribution < 1.29 is 26.4 Å². The molecule has 2 saturated heterocycles. The number of piperazine rings is 1. The third kappa shape index (κ3) is 5.44. The molecule has 0 bridgehead atoms. The molecular formula is C22H27N3O6S2. The smallest absolute Gasteiger partial charge is 0.253 e. The predicted molar refractivity (Wildman–Crippen MR) is 122 cm³/mol. The Kier molecular flexibility index (Phi) is 7.15. The standard InChI is InChI=1S/C22H27N3O6S2/c26-22(24-12-14-25(15-13-24)33(29,30)21-6-2-1-3-7-21)18-8-10-20(11-9-18)32(27,28)23-17-19-5-4-16-31-19/h1-3,6-11,19,23H,4-5,12-17H2/t19-/m1/s1. The highest BCUT2D eigenvalue weighted by atomic mass is 32.2. The maximum atomic E-state index is 12.9. The topological polar surface area (TPSA) is 113 Å². The fourth-order valence-electron chi connectivity index (χ4n) is 3.92. The van der Waals surface area contributed by atoms with Gasteiger partial charge in [-0.1, -0.05) is 18.2 Å². The fraction of sp³-hybridized carbons (Fsp3) is 0.409. The molecule has 2 aliphatic rings. The summed E-state index contributed by atoms with van der Waals surface area (Å²) >= 11 is 0. The normalized spacial score (nSPS) is 20.1. The lowest BCUT2D eigenvalue weighted by atomic mass is 10.2. The Labute approximate surface area is 194 Å². The Morgan fingerprint density at radius 1 is 0.909 bits per heavy atom. The number of sulfonamides is 2. The summed E-state index contributed by atoms with van der Waals surface area (Å²) in [7, 11) is -7.29. The minimum atomic E-state index is -3.69. The van der Waals surface area contributed by atoms with E-state index in [-0.39, 0.29) is 54.5 Å². The lowest BCUT2D eigenvalue weighted by Crippen LogP contribution is -2.50. The molecule has 0 radical (unpaired) electrons. The fourth-order valence-corrected chi connectivity index (χ4v) is 6.43. The maximum Gasteiger partial charge on any atom is 0.253 e. The summed E-state index contributed by atoms with van der Waals surface area (Å²) < 4.78 is 59.9. The van der Waals surface area contributed by atoms with E-state index in [0.29, 0.717) is 12.2 Å². The molecule has 2 aliphatic heterocycles. The number of ether oxygens (including phenoxy) is 1. The summed E-state index contributed by atoms with van der Waals surface area (Å²) in [5.74, 6) is -0.261. The summed E-state index contributed by atoms with van der Waals surface area (Å²) in [6, 6.07) is 14.0. The molecule has 0 spiro atoms. The number of rotatable bonds is 7. The summed E-state index contributed by atoms with van der Waals surface area (Å²) in [5.41, 5.74) is 0.354. The number of hydrogen-bond donors (Lipinski definition) is 1. The van der Waals surface area contributed by atoms with Crippen LogP contribution in [0.2, 0.25) is 0 Å². The van der Waals surface area contributed by atoms with Gasteiger partial charge in [0.15, 0.2) is 0 Å². The highest BCUT2D eigenvalue weighted by Crippen LogP contribution is 2.19. The van der Waals surface area contributed by atoms with Crippen molar-refractivity contribution in [3.63, 3.8) is 0 Å². The highest BCUT2D eigenvalue weighted by Gasteiger charge is 2.30. The van der Waals surface area contributed by atoms with Gasteiger partial charge in [0.1, 0.15) is 0 Å². The van der Waals surface area contributed by atoms with Crippen LogP contribution in [0.1, 0.15) is 23.2 Å². The average molecular weight is 494 g/mol. The van der Waals surface area contributed by atoms with Gasteiger partial charge in [0, 0.05) is 44.9 Å².